The van der Waals surface area contributed by atoms with Gasteiger partial charge in [-0.2, -0.15) is 16.6 Å². The molecule has 126 valence electrons. The molecule has 0 aliphatic carbocycles. The number of hydrogen-bond acceptors (Lipinski definition) is 6. The van der Waals surface area contributed by atoms with Crippen LogP contribution in [0.3, 0.4) is 0 Å². The molecule has 0 radical (unpaired) electrons. The zero-order valence-corrected chi connectivity index (χ0v) is 13.9. The molecule has 1 unspecified atom stereocenters. The second-order valence-electron chi connectivity index (χ2n) is 5.75. The quantitative estimate of drug-likeness (QED) is 0.820. The van der Waals surface area contributed by atoms with E-state index in [4.69, 9.17) is 0 Å². The monoisotopic (exact) mass is 347 g/mol. The Kier molecular flexibility index (Phi) is 4.52. The van der Waals surface area contributed by atoms with E-state index in [0.717, 1.165) is 11.1 Å². The van der Waals surface area contributed by atoms with E-state index < -0.39 is 17.4 Å². The first-order valence-electron chi connectivity index (χ1n) is 7.45. The van der Waals surface area contributed by atoms with Crippen molar-refractivity contribution >= 4 is 23.6 Å². The predicted octanol–water partition coefficient (Wildman–Crippen LogP) is 0.725. The number of aromatic nitrogens is 4. The number of carbonyl (C=O) groups excluding carboxylic acids is 1. The number of rotatable bonds is 5. The van der Waals surface area contributed by atoms with Gasteiger partial charge in [0.2, 0.25) is 11.7 Å². The Morgan fingerprint density at radius 2 is 2.12 bits per heavy atom. The lowest BCUT2D eigenvalue weighted by molar-refractivity contribution is -0.146. The van der Waals surface area contributed by atoms with Gasteiger partial charge in [-0.05, 0) is 24.3 Å². The van der Waals surface area contributed by atoms with Crippen molar-refractivity contribution in [2.45, 2.75) is 25.4 Å². The fourth-order valence-electron chi connectivity index (χ4n) is 2.45. The molecule has 1 fully saturated rings. The predicted molar refractivity (Wildman–Crippen MR) is 88.4 cm³/mol. The van der Waals surface area contributed by atoms with E-state index in [2.05, 4.69) is 20.7 Å². The molecule has 1 aromatic heterocycles. The molecule has 1 amide bonds. The molecule has 0 saturated carbocycles. The number of amides is 1. The number of nitrogens with zero attached hydrogens (tertiary/aromatic N) is 4. The fourth-order valence-corrected chi connectivity index (χ4v) is 3.77. The zero-order valence-electron chi connectivity index (χ0n) is 13.1. The molecule has 2 heterocycles. The summed E-state index contributed by atoms with van der Waals surface area (Å²) in [5, 5.41) is 24.0. The van der Waals surface area contributed by atoms with Gasteiger partial charge in [0.1, 0.15) is 12.1 Å². The second kappa shape index (κ2) is 6.60. The van der Waals surface area contributed by atoms with Crippen molar-refractivity contribution < 1.29 is 14.7 Å². The molecule has 0 spiro atoms. The van der Waals surface area contributed by atoms with Crippen LogP contribution in [0.15, 0.2) is 24.3 Å². The number of aryl methyl sites for hydroxylation is 1. The number of carboxylic acids is 1. The number of carbonyl (C=O) groups is 2. The number of tetrazole rings is 1. The number of benzene rings is 1. The fraction of sp³-hybridized carbons (Fsp3) is 0.400. The van der Waals surface area contributed by atoms with Crippen LogP contribution >= 0.6 is 11.8 Å². The molecule has 0 bridgehead atoms. The van der Waals surface area contributed by atoms with Gasteiger partial charge in [0, 0.05) is 11.3 Å². The van der Waals surface area contributed by atoms with E-state index in [1.165, 1.54) is 16.6 Å². The Balaban J connectivity index is 1.67. The van der Waals surface area contributed by atoms with Gasteiger partial charge in [-0.15, -0.1) is 10.2 Å². The number of carboxylic acid groups (broad SMARTS) is 1. The third-order valence-corrected chi connectivity index (χ3v) is 5.05. The van der Waals surface area contributed by atoms with E-state index >= 15 is 0 Å². The summed E-state index contributed by atoms with van der Waals surface area (Å²) < 4.78 is 0. The molecule has 1 atom stereocenters. The smallest absolute Gasteiger partial charge is 0.330 e. The van der Waals surface area contributed by atoms with Crippen LogP contribution in [0.5, 0.6) is 0 Å². The largest absolute Gasteiger partial charge is 0.479 e. The van der Waals surface area contributed by atoms with E-state index in [1.807, 2.05) is 31.2 Å². The highest BCUT2D eigenvalue weighted by Gasteiger charge is 2.43. The van der Waals surface area contributed by atoms with Gasteiger partial charge >= 0.3 is 5.97 Å². The maximum Gasteiger partial charge on any atom is 0.330 e. The number of aliphatic carboxylic acids is 1. The summed E-state index contributed by atoms with van der Waals surface area (Å²) in [5.74, 6) is 0.0619. The van der Waals surface area contributed by atoms with E-state index in [0.29, 0.717) is 23.8 Å². The van der Waals surface area contributed by atoms with Crippen molar-refractivity contribution in [3.63, 3.8) is 0 Å². The summed E-state index contributed by atoms with van der Waals surface area (Å²) in [6.45, 7) is 1.82. The normalized spacial score (nSPS) is 20.0. The highest BCUT2D eigenvalue weighted by molar-refractivity contribution is 7.99. The Bertz CT molecular complexity index is 753. The van der Waals surface area contributed by atoms with Crippen molar-refractivity contribution in [3.05, 3.63) is 29.8 Å². The summed E-state index contributed by atoms with van der Waals surface area (Å²) >= 11 is 1.51. The maximum absolute atomic E-state index is 12.2. The van der Waals surface area contributed by atoms with E-state index in [9.17, 15) is 14.7 Å². The van der Waals surface area contributed by atoms with Crippen LogP contribution in [0.4, 0.5) is 0 Å². The zero-order chi connectivity index (χ0) is 17.2. The molecule has 1 saturated heterocycles. The highest BCUT2D eigenvalue weighted by Crippen LogP contribution is 2.28. The first-order chi connectivity index (χ1) is 11.5. The second-order valence-corrected chi connectivity index (χ2v) is 6.85. The van der Waals surface area contributed by atoms with Gasteiger partial charge in [0.05, 0.1) is 0 Å². The molecule has 2 aromatic rings. The summed E-state index contributed by atoms with van der Waals surface area (Å²) in [7, 11) is 0. The van der Waals surface area contributed by atoms with Gasteiger partial charge in [-0.25, -0.2) is 4.79 Å². The minimum absolute atomic E-state index is 0.168. The minimum atomic E-state index is -1.19. The van der Waals surface area contributed by atoms with Crippen LogP contribution in [-0.2, 0) is 16.1 Å². The molecular weight excluding hydrogens is 330 g/mol. The van der Waals surface area contributed by atoms with Crippen molar-refractivity contribution in [1.29, 1.82) is 0 Å². The summed E-state index contributed by atoms with van der Waals surface area (Å²) in [6, 6.07) is 7.64. The van der Waals surface area contributed by atoms with Crippen molar-refractivity contribution in [3.8, 4) is 11.4 Å². The topological polar surface area (TPSA) is 110 Å². The van der Waals surface area contributed by atoms with Crippen molar-refractivity contribution in [2.24, 2.45) is 0 Å². The van der Waals surface area contributed by atoms with Gasteiger partial charge < -0.3 is 10.4 Å². The molecule has 9 heteroatoms. The van der Waals surface area contributed by atoms with Crippen LogP contribution < -0.4 is 5.32 Å². The summed E-state index contributed by atoms with van der Waals surface area (Å²) in [4.78, 5) is 24.8. The molecule has 8 nitrogen and oxygen atoms in total. The van der Waals surface area contributed by atoms with Crippen LogP contribution in [0.25, 0.3) is 11.4 Å². The van der Waals surface area contributed by atoms with E-state index in [-0.39, 0.29) is 6.54 Å². The Morgan fingerprint density at radius 3 is 2.75 bits per heavy atom. The van der Waals surface area contributed by atoms with Gasteiger partial charge in [-0.1, -0.05) is 29.8 Å². The van der Waals surface area contributed by atoms with Gasteiger partial charge in [-0.3, -0.25) is 4.79 Å². The van der Waals surface area contributed by atoms with Crippen LogP contribution in [0.1, 0.15) is 12.0 Å². The van der Waals surface area contributed by atoms with Gasteiger partial charge in [0.25, 0.3) is 0 Å². The van der Waals surface area contributed by atoms with Gasteiger partial charge in [0.15, 0.2) is 0 Å². The summed E-state index contributed by atoms with van der Waals surface area (Å²) in [5.41, 5.74) is 0.739. The summed E-state index contributed by atoms with van der Waals surface area (Å²) in [6.07, 6.45) is 0.415. The average molecular weight is 347 g/mol. The molecule has 24 heavy (non-hydrogen) atoms. The lowest BCUT2D eigenvalue weighted by atomic mass is 9.99. The lowest BCUT2D eigenvalue weighted by Gasteiger charge is -2.24. The third kappa shape index (κ3) is 3.40. The van der Waals surface area contributed by atoms with Crippen LogP contribution in [0, 0.1) is 6.92 Å². The standard InChI is InChI=1S/C15H17N5O3S/c1-10-2-4-11(5-3-10)13-17-19-20(18-13)8-12(21)16-15(14(22)23)6-7-24-9-15/h2-5H,6-9H2,1H3,(H,16,21)(H,22,23). The minimum Gasteiger partial charge on any atom is -0.479 e. The number of nitrogens with one attached hydrogen (secondary N) is 1. The van der Waals surface area contributed by atoms with Crippen molar-refractivity contribution in [1.82, 2.24) is 25.5 Å². The van der Waals surface area contributed by atoms with Crippen molar-refractivity contribution in [2.75, 3.05) is 11.5 Å². The SMILES string of the molecule is Cc1ccc(-c2nnn(CC(=O)NC3(C(=O)O)CCSC3)n2)cc1. The molecule has 2 N–H and O–H groups in total. The molecular formula is C15H17N5O3S. The van der Waals surface area contributed by atoms with E-state index in [1.54, 1.807) is 0 Å². The van der Waals surface area contributed by atoms with Crippen LogP contribution in [-0.4, -0.2) is 54.2 Å². The number of hydrogen-bond donors (Lipinski definition) is 2. The Labute approximate surface area is 142 Å². The first-order valence-corrected chi connectivity index (χ1v) is 8.61. The maximum atomic E-state index is 12.2. The highest BCUT2D eigenvalue weighted by atomic mass is 32.2. The molecule has 1 aliphatic rings. The Morgan fingerprint density at radius 1 is 1.38 bits per heavy atom. The third-order valence-electron chi connectivity index (χ3n) is 3.86. The average Bonchev–Trinajstić information content (AvgIpc) is 3.18. The first kappa shape index (κ1) is 16.4. The number of thioether (sulfide) groups is 1. The molecule has 3 rings (SSSR count). The lowest BCUT2D eigenvalue weighted by Crippen LogP contribution is -2.55. The Hall–Kier alpha value is -2.42. The molecule has 1 aromatic carbocycles. The molecule has 1 aliphatic heterocycles. The van der Waals surface area contributed by atoms with Crippen LogP contribution in [0.2, 0.25) is 0 Å².